The largest absolute Gasteiger partial charge is 0.337 e. The summed E-state index contributed by atoms with van der Waals surface area (Å²) in [6, 6.07) is 21.0. The fourth-order valence-corrected chi connectivity index (χ4v) is 5.39. The molecule has 0 saturated carbocycles. The molecule has 0 aliphatic carbocycles. The second-order valence-electron chi connectivity index (χ2n) is 7.24. The van der Waals surface area contributed by atoms with Crippen molar-refractivity contribution in [2.75, 3.05) is 17.9 Å². The van der Waals surface area contributed by atoms with Gasteiger partial charge in [0.15, 0.2) is 0 Å². The minimum Gasteiger partial charge on any atom is -0.337 e. The molecule has 0 atom stereocenters. The summed E-state index contributed by atoms with van der Waals surface area (Å²) in [6.45, 7) is 0.723. The van der Waals surface area contributed by atoms with E-state index in [-0.39, 0.29) is 10.8 Å². The summed E-state index contributed by atoms with van der Waals surface area (Å²) in [5.74, 6) is -0.270. The van der Waals surface area contributed by atoms with Crippen LogP contribution < -0.4 is 4.31 Å². The lowest BCUT2D eigenvalue weighted by Gasteiger charge is -2.21. The molecule has 0 saturated heterocycles. The van der Waals surface area contributed by atoms with Crippen LogP contribution in [0, 0.1) is 0 Å². The van der Waals surface area contributed by atoms with Crippen molar-refractivity contribution in [3.05, 3.63) is 94.5 Å². The first kappa shape index (κ1) is 20.4. The number of hydrogen-bond acceptors (Lipinski definition) is 3. The highest BCUT2D eigenvalue weighted by Gasteiger charge is 2.31. The first-order valence-corrected chi connectivity index (χ1v) is 11.4. The van der Waals surface area contributed by atoms with Gasteiger partial charge in [-0.15, -0.1) is 0 Å². The average molecular weight is 441 g/mol. The highest BCUT2D eigenvalue weighted by atomic mass is 35.5. The van der Waals surface area contributed by atoms with E-state index in [9.17, 15) is 13.2 Å². The molecule has 0 spiro atoms. The summed E-state index contributed by atoms with van der Waals surface area (Å²) >= 11 is 6.20. The van der Waals surface area contributed by atoms with E-state index in [0.717, 1.165) is 11.1 Å². The smallest absolute Gasteiger partial charge is 0.264 e. The molecule has 4 rings (SSSR count). The fraction of sp³-hybridized carbons (Fsp3) is 0.174. The first-order chi connectivity index (χ1) is 14.4. The van der Waals surface area contributed by atoms with Crippen molar-refractivity contribution in [2.24, 2.45) is 0 Å². The van der Waals surface area contributed by atoms with Crippen LogP contribution in [0.15, 0.2) is 77.7 Å². The molecule has 30 heavy (non-hydrogen) atoms. The first-order valence-electron chi connectivity index (χ1n) is 9.57. The molecule has 1 aliphatic heterocycles. The molecule has 0 fully saturated rings. The zero-order valence-electron chi connectivity index (χ0n) is 16.5. The predicted octanol–water partition coefficient (Wildman–Crippen LogP) is 4.36. The summed E-state index contributed by atoms with van der Waals surface area (Å²) in [7, 11) is -2.09. The number of carbonyl (C=O) groups excluding carboxylic acids is 1. The molecule has 0 radical (unpaired) electrons. The lowest BCUT2D eigenvalue weighted by molar-refractivity contribution is 0.0785. The molecule has 0 bridgehead atoms. The van der Waals surface area contributed by atoms with Crippen LogP contribution in [0.1, 0.15) is 21.5 Å². The van der Waals surface area contributed by atoms with E-state index in [1.165, 1.54) is 21.3 Å². The SMILES string of the molecule is CN(Cc1ccccc1Cl)C(=O)c1cccc(S(=O)(=O)N2CCc3ccccc32)c1. The number of anilines is 1. The van der Waals surface area contributed by atoms with Crippen LogP contribution in [0.2, 0.25) is 5.02 Å². The van der Waals surface area contributed by atoms with Gasteiger partial charge in [0.1, 0.15) is 0 Å². The highest BCUT2D eigenvalue weighted by Crippen LogP contribution is 2.32. The molecule has 1 aliphatic rings. The Hall–Kier alpha value is -2.83. The Morgan fingerprint density at radius 2 is 1.77 bits per heavy atom. The minimum atomic E-state index is -3.76. The highest BCUT2D eigenvalue weighted by molar-refractivity contribution is 7.92. The van der Waals surface area contributed by atoms with E-state index in [4.69, 9.17) is 11.6 Å². The number of halogens is 1. The van der Waals surface area contributed by atoms with Crippen molar-refractivity contribution in [2.45, 2.75) is 17.9 Å². The van der Waals surface area contributed by atoms with Gasteiger partial charge in [-0.2, -0.15) is 0 Å². The van der Waals surface area contributed by atoms with Crippen LogP contribution in [0.5, 0.6) is 0 Å². The summed E-state index contributed by atoms with van der Waals surface area (Å²) in [6.07, 6.45) is 0.675. The van der Waals surface area contributed by atoms with Gasteiger partial charge in [0.2, 0.25) is 0 Å². The number of para-hydroxylation sites is 1. The third-order valence-corrected chi connectivity index (χ3v) is 7.40. The number of hydrogen-bond donors (Lipinski definition) is 0. The Morgan fingerprint density at radius 1 is 1.03 bits per heavy atom. The van der Waals surface area contributed by atoms with E-state index in [1.54, 1.807) is 25.2 Å². The number of amides is 1. The van der Waals surface area contributed by atoms with Crippen LogP contribution in [-0.2, 0) is 23.0 Å². The molecule has 3 aromatic carbocycles. The van der Waals surface area contributed by atoms with Crippen molar-refractivity contribution in [1.82, 2.24) is 4.90 Å². The van der Waals surface area contributed by atoms with Crippen molar-refractivity contribution < 1.29 is 13.2 Å². The van der Waals surface area contributed by atoms with E-state index >= 15 is 0 Å². The van der Waals surface area contributed by atoms with Crippen molar-refractivity contribution in [1.29, 1.82) is 0 Å². The zero-order chi connectivity index (χ0) is 21.3. The normalized spacial score (nSPS) is 13.2. The number of carbonyl (C=O) groups is 1. The predicted molar refractivity (Wildman–Crippen MR) is 118 cm³/mol. The fourth-order valence-electron chi connectivity index (χ4n) is 3.65. The summed E-state index contributed by atoms with van der Waals surface area (Å²) in [5.41, 5.74) is 2.85. The Labute approximate surface area is 181 Å². The van der Waals surface area contributed by atoms with Crippen molar-refractivity contribution >= 4 is 33.2 Å². The number of rotatable bonds is 5. The summed E-state index contributed by atoms with van der Waals surface area (Å²) < 4.78 is 27.9. The second kappa shape index (κ2) is 8.13. The van der Waals surface area contributed by atoms with Gasteiger partial charge in [-0.05, 0) is 47.9 Å². The molecule has 3 aromatic rings. The molecular weight excluding hydrogens is 420 g/mol. The Morgan fingerprint density at radius 3 is 2.57 bits per heavy atom. The maximum atomic E-state index is 13.3. The lowest BCUT2D eigenvalue weighted by Crippen LogP contribution is -2.30. The molecule has 7 heteroatoms. The molecule has 0 aromatic heterocycles. The van der Waals surface area contributed by atoms with E-state index < -0.39 is 10.0 Å². The average Bonchev–Trinajstić information content (AvgIpc) is 3.20. The molecule has 1 amide bonds. The van der Waals surface area contributed by atoms with Crippen LogP contribution in [0.3, 0.4) is 0 Å². The van der Waals surface area contributed by atoms with Crippen LogP contribution in [-0.4, -0.2) is 32.8 Å². The molecule has 1 heterocycles. The van der Waals surface area contributed by atoms with E-state index in [2.05, 4.69) is 0 Å². The van der Waals surface area contributed by atoms with Gasteiger partial charge in [-0.25, -0.2) is 8.42 Å². The van der Waals surface area contributed by atoms with Gasteiger partial charge in [0.05, 0.1) is 10.6 Å². The molecule has 5 nitrogen and oxygen atoms in total. The van der Waals surface area contributed by atoms with Gasteiger partial charge in [-0.1, -0.05) is 54.1 Å². The van der Waals surface area contributed by atoms with Crippen LogP contribution in [0.25, 0.3) is 0 Å². The zero-order valence-corrected chi connectivity index (χ0v) is 18.0. The summed E-state index contributed by atoms with van der Waals surface area (Å²) in [5, 5.41) is 0.584. The van der Waals surface area contributed by atoms with Gasteiger partial charge in [0.25, 0.3) is 15.9 Å². The van der Waals surface area contributed by atoms with Crippen molar-refractivity contribution in [3.63, 3.8) is 0 Å². The van der Waals surface area contributed by atoms with Gasteiger partial charge < -0.3 is 4.90 Å². The van der Waals surface area contributed by atoms with E-state index in [1.807, 2.05) is 42.5 Å². The number of fused-ring (bicyclic) bond motifs is 1. The third-order valence-electron chi connectivity index (χ3n) is 5.23. The molecule has 0 unspecified atom stereocenters. The second-order valence-corrected chi connectivity index (χ2v) is 9.51. The quantitative estimate of drug-likeness (QED) is 0.592. The minimum absolute atomic E-state index is 0.108. The Balaban J connectivity index is 1.59. The maximum Gasteiger partial charge on any atom is 0.264 e. The van der Waals surface area contributed by atoms with E-state index in [0.29, 0.717) is 35.8 Å². The van der Waals surface area contributed by atoms with Crippen LogP contribution >= 0.6 is 11.6 Å². The molecule has 154 valence electrons. The maximum absolute atomic E-state index is 13.3. The van der Waals surface area contributed by atoms with Crippen LogP contribution in [0.4, 0.5) is 5.69 Å². The van der Waals surface area contributed by atoms with Gasteiger partial charge in [-0.3, -0.25) is 9.10 Å². The van der Waals surface area contributed by atoms with Gasteiger partial charge in [0, 0.05) is 30.7 Å². The number of nitrogens with zero attached hydrogens (tertiary/aromatic N) is 2. The molecular formula is C23H21ClN2O3S. The lowest BCUT2D eigenvalue weighted by atomic mass is 10.1. The number of benzene rings is 3. The topological polar surface area (TPSA) is 57.7 Å². The third kappa shape index (κ3) is 3.80. The molecule has 0 N–H and O–H groups in total. The monoisotopic (exact) mass is 440 g/mol. The number of sulfonamides is 1. The Bertz CT molecular complexity index is 1210. The standard InChI is InChI=1S/C23H21ClN2O3S/c1-25(16-19-8-2-4-11-21(19)24)23(27)18-9-6-10-20(15-18)30(28,29)26-14-13-17-7-3-5-12-22(17)26/h2-12,15H,13-14,16H2,1H3. The van der Waals surface area contributed by atoms with Gasteiger partial charge >= 0.3 is 0 Å². The Kier molecular flexibility index (Phi) is 5.54. The summed E-state index contributed by atoms with van der Waals surface area (Å²) in [4.78, 5) is 14.6. The van der Waals surface area contributed by atoms with Crippen molar-refractivity contribution in [3.8, 4) is 0 Å².